The number of amides is 1. The van der Waals surface area contributed by atoms with E-state index in [1.54, 1.807) is 0 Å². The van der Waals surface area contributed by atoms with Crippen molar-refractivity contribution < 1.29 is 14.3 Å². The first kappa shape index (κ1) is 19.6. The minimum Gasteiger partial charge on any atom is -0.444 e. The SMILES string of the molecule is CC(C)(C)OC(=O)N1CCN(CC2CCN(CC(=O)C3CC3)CC2)CC1. The second-order valence-electron chi connectivity index (χ2n) is 9.23. The third-order valence-electron chi connectivity index (χ3n) is 5.66. The first-order valence-corrected chi connectivity index (χ1v) is 10.3. The van der Waals surface area contributed by atoms with Gasteiger partial charge in [0.2, 0.25) is 0 Å². The highest BCUT2D eigenvalue weighted by molar-refractivity contribution is 5.85. The summed E-state index contributed by atoms with van der Waals surface area (Å²) in [6, 6.07) is 0. The highest BCUT2D eigenvalue weighted by Crippen LogP contribution is 2.30. The Labute approximate surface area is 157 Å². The Hall–Kier alpha value is -1.14. The lowest BCUT2D eigenvalue weighted by Crippen LogP contribution is -2.51. The maximum atomic E-state index is 12.1. The van der Waals surface area contributed by atoms with Crippen molar-refractivity contribution in [2.45, 2.75) is 52.1 Å². The van der Waals surface area contributed by atoms with Crippen LogP contribution in [0.1, 0.15) is 46.5 Å². The lowest BCUT2D eigenvalue weighted by molar-refractivity contribution is -0.121. The van der Waals surface area contributed by atoms with E-state index in [1.165, 1.54) is 12.8 Å². The van der Waals surface area contributed by atoms with Crippen molar-refractivity contribution >= 4 is 11.9 Å². The fraction of sp³-hybridized carbons (Fsp3) is 0.900. The summed E-state index contributed by atoms with van der Waals surface area (Å²) in [5.41, 5.74) is -0.428. The van der Waals surface area contributed by atoms with Gasteiger partial charge in [-0.05, 0) is 65.5 Å². The Morgan fingerprint density at radius 2 is 1.50 bits per heavy atom. The molecular formula is C20H35N3O3. The zero-order valence-corrected chi connectivity index (χ0v) is 16.7. The predicted octanol–water partition coefficient (Wildman–Crippen LogP) is 2.23. The average molecular weight is 366 g/mol. The van der Waals surface area contributed by atoms with Crippen LogP contribution in [0.25, 0.3) is 0 Å². The van der Waals surface area contributed by atoms with Crippen LogP contribution in [0.15, 0.2) is 0 Å². The molecule has 6 nitrogen and oxygen atoms in total. The quantitative estimate of drug-likeness (QED) is 0.748. The Balaban J connectivity index is 1.32. The fourth-order valence-electron chi connectivity index (χ4n) is 3.89. The van der Waals surface area contributed by atoms with Gasteiger partial charge in [-0.2, -0.15) is 0 Å². The number of carbonyl (C=O) groups is 2. The minimum atomic E-state index is -0.428. The van der Waals surface area contributed by atoms with E-state index < -0.39 is 5.60 Å². The molecule has 0 radical (unpaired) electrons. The molecule has 0 unspecified atom stereocenters. The number of piperidine rings is 1. The molecule has 1 aliphatic carbocycles. The lowest BCUT2D eigenvalue weighted by atomic mass is 9.95. The van der Waals surface area contributed by atoms with E-state index in [-0.39, 0.29) is 6.09 Å². The van der Waals surface area contributed by atoms with Crippen LogP contribution < -0.4 is 0 Å². The van der Waals surface area contributed by atoms with Gasteiger partial charge in [0, 0.05) is 38.6 Å². The van der Waals surface area contributed by atoms with Gasteiger partial charge in [0.05, 0.1) is 6.54 Å². The fourth-order valence-corrected chi connectivity index (χ4v) is 3.89. The first-order chi connectivity index (χ1) is 12.3. The van der Waals surface area contributed by atoms with Crippen LogP contribution in [0, 0.1) is 11.8 Å². The molecular weight excluding hydrogens is 330 g/mol. The Morgan fingerprint density at radius 1 is 0.885 bits per heavy atom. The summed E-state index contributed by atoms with van der Waals surface area (Å²) in [5.74, 6) is 1.56. The molecule has 3 aliphatic rings. The lowest BCUT2D eigenvalue weighted by Gasteiger charge is -2.39. The number of likely N-dealkylation sites (tertiary alicyclic amines) is 1. The van der Waals surface area contributed by atoms with Gasteiger partial charge in [0.1, 0.15) is 11.4 Å². The Morgan fingerprint density at radius 3 is 2.04 bits per heavy atom. The van der Waals surface area contributed by atoms with Crippen LogP contribution >= 0.6 is 0 Å². The van der Waals surface area contributed by atoms with Gasteiger partial charge in [-0.15, -0.1) is 0 Å². The molecule has 2 aliphatic heterocycles. The average Bonchev–Trinajstić information content (AvgIpc) is 3.41. The van der Waals surface area contributed by atoms with Crippen molar-refractivity contribution in [2.75, 3.05) is 52.4 Å². The van der Waals surface area contributed by atoms with Crippen LogP contribution in [0.2, 0.25) is 0 Å². The number of piperazine rings is 1. The van der Waals surface area contributed by atoms with Gasteiger partial charge in [-0.25, -0.2) is 4.79 Å². The molecule has 2 heterocycles. The van der Waals surface area contributed by atoms with Crippen LogP contribution in [-0.2, 0) is 9.53 Å². The summed E-state index contributed by atoms with van der Waals surface area (Å²) in [7, 11) is 0. The zero-order chi connectivity index (χ0) is 18.7. The van der Waals surface area contributed by atoms with Crippen molar-refractivity contribution in [3.05, 3.63) is 0 Å². The third-order valence-corrected chi connectivity index (χ3v) is 5.66. The van der Waals surface area contributed by atoms with E-state index in [2.05, 4.69) is 9.80 Å². The molecule has 148 valence electrons. The second kappa shape index (κ2) is 8.26. The molecule has 0 aromatic heterocycles. The normalized spacial score (nSPS) is 23.9. The summed E-state index contributed by atoms with van der Waals surface area (Å²) < 4.78 is 5.46. The molecule has 0 aromatic carbocycles. The molecule has 0 bridgehead atoms. The van der Waals surface area contributed by atoms with Crippen molar-refractivity contribution in [2.24, 2.45) is 11.8 Å². The van der Waals surface area contributed by atoms with E-state index in [1.807, 2.05) is 25.7 Å². The summed E-state index contributed by atoms with van der Waals surface area (Å²) >= 11 is 0. The van der Waals surface area contributed by atoms with Crippen molar-refractivity contribution in [3.8, 4) is 0 Å². The summed E-state index contributed by atoms with van der Waals surface area (Å²) in [5, 5.41) is 0. The number of hydrogen-bond donors (Lipinski definition) is 0. The number of ether oxygens (including phenoxy) is 1. The summed E-state index contributed by atoms with van der Waals surface area (Å²) in [6.45, 7) is 13.0. The second-order valence-corrected chi connectivity index (χ2v) is 9.23. The molecule has 26 heavy (non-hydrogen) atoms. The largest absolute Gasteiger partial charge is 0.444 e. The van der Waals surface area contributed by atoms with Crippen molar-refractivity contribution in [3.63, 3.8) is 0 Å². The molecule has 1 amide bonds. The Bertz CT molecular complexity index is 497. The van der Waals surface area contributed by atoms with Crippen LogP contribution in [0.3, 0.4) is 0 Å². The van der Waals surface area contributed by atoms with E-state index >= 15 is 0 Å². The number of carbonyl (C=O) groups excluding carboxylic acids is 2. The predicted molar refractivity (Wildman–Crippen MR) is 101 cm³/mol. The molecule has 0 atom stereocenters. The topological polar surface area (TPSA) is 53.1 Å². The van der Waals surface area contributed by atoms with Gasteiger partial charge < -0.3 is 9.64 Å². The van der Waals surface area contributed by atoms with Crippen molar-refractivity contribution in [1.29, 1.82) is 0 Å². The Kier molecular flexibility index (Phi) is 6.23. The molecule has 6 heteroatoms. The molecule has 3 fully saturated rings. The van der Waals surface area contributed by atoms with E-state index in [4.69, 9.17) is 4.74 Å². The summed E-state index contributed by atoms with van der Waals surface area (Å²) in [6.07, 6.45) is 4.41. The van der Waals surface area contributed by atoms with Crippen LogP contribution in [-0.4, -0.2) is 84.5 Å². The van der Waals surface area contributed by atoms with Crippen LogP contribution in [0.5, 0.6) is 0 Å². The molecule has 2 saturated heterocycles. The van der Waals surface area contributed by atoms with E-state index in [0.717, 1.165) is 64.6 Å². The third kappa shape index (κ3) is 5.95. The number of Topliss-reactive ketones (excluding diaryl/α,β-unsaturated/α-hetero) is 1. The molecule has 0 aromatic rings. The number of ketones is 1. The monoisotopic (exact) mass is 365 g/mol. The molecule has 1 saturated carbocycles. The van der Waals surface area contributed by atoms with E-state index in [0.29, 0.717) is 18.2 Å². The highest BCUT2D eigenvalue weighted by atomic mass is 16.6. The van der Waals surface area contributed by atoms with Gasteiger partial charge in [0.25, 0.3) is 0 Å². The first-order valence-electron chi connectivity index (χ1n) is 10.3. The standard InChI is InChI=1S/C20H35N3O3/c1-20(2,3)26-19(25)23-12-10-22(11-13-23)14-16-6-8-21(9-7-16)15-18(24)17-4-5-17/h16-17H,4-15H2,1-3H3. The smallest absolute Gasteiger partial charge is 0.410 e. The van der Waals surface area contributed by atoms with Gasteiger partial charge >= 0.3 is 6.09 Å². The van der Waals surface area contributed by atoms with E-state index in [9.17, 15) is 9.59 Å². The van der Waals surface area contributed by atoms with Crippen molar-refractivity contribution in [1.82, 2.24) is 14.7 Å². The number of rotatable bonds is 5. The molecule has 0 N–H and O–H groups in total. The minimum absolute atomic E-state index is 0.189. The van der Waals surface area contributed by atoms with Gasteiger partial charge in [-0.3, -0.25) is 14.6 Å². The number of nitrogens with zero attached hydrogens (tertiary/aromatic N) is 3. The van der Waals surface area contributed by atoms with Gasteiger partial charge in [-0.1, -0.05) is 0 Å². The zero-order valence-electron chi connectivity index (χ0n) is 16.7. The highest BCUT2D eigenvalue weighted by Gasteiger charge is 2.32. The van der Waals surface area contributed by atoms with Crippen LogP contribution in [0.4, 0.5) is 4.79 Å². The maximum Gasteiger partial charge on any atom is 0.410 e. The van der Waals surface area contributed by atoms with Gasteiger partial charge in [0.15, 0.2) is 0 Å². The number of hydrogen-bond acceptors (Lipinski definition) is 5. The maximum absolute atomic E-state index is 12.1. The summed E-state index contributed by atoms with van der Waals surface area (Å²) in [4.78, 5) is 30.7. The molecule has 3 rings (SSSR count). The molecule has 0 spiro atoms.